The van der Waals surface area contributed by atoms with E-state index in [1.165, 1.54) is 0 Å². The predicted molar refractivity (Wildman–Crippen MR) is 63.9 cm³/mol. The molecule has 0 aromatic heterocycles. The lowest BCUT2D eigenvalue weighted by molar-refractivity contribution is 0.237. The first kappa shape index (κ1) is 11.6. The van der Waals surface area contributed by atoms with Crippen molar-refractivity contribution in [3.05, 3.63) is 28.2 Å². The summed E-state index contributed by atoms with van der Waals surface area (Å²) in [7, 11) is 0. The molecule has 0 amide bonds. The van der Waals surface area contributed by atoms with Crippen LogP contribution in [0.5, 0.6) is 5.75 Å². The summed E-state index contributed by atoms with van der Waals surface area (Å²) in [5, 5.41) is 9.84. The van der Waals surface area contributed by atoms with Crippen molar-refractivity contribution in [2.75, 3.05) is 6.61 Å². The Morgan fingerprint density at radius 2 is 2.12 bits per heavy atom. The molecule has 0 bridgehead atoms. The number of benzene rings is 1. The number of hydrogen-bond acceptors (Lipinski definition) is 2. The molecule has 1 aromatic rings. The third-order valence-corrected chi connectivity index (χ3v) is 3.39. The molecule has 0 unspecified atom stereocenters. The van der Waals surface area contributed by atoms with Gasteiger partial charge in [-0.2, -0.15) is 5.26 Å². The minimum Gasteiger partial charge on any atom is -0.491 e. The molecule has 1 aromatic carbocycles. The molecule has 16 heavy (non-hydrogen) atoms. The normalized spacial score (nSPS) is 16.6. The van der Waals surface area contributed by atoms with Crippen molar-refractivity contribution in [2.24, 2.45) is 5.41 Å². The highest BCUT2D eigenvalue weighted by Gasteiger charge is 2.43. The minimum atomic E-state index is 0.0559. The van der Waals surface area contributed by atoms with E-state index in [1.54, 1.807) is 18.2 Å². The molecule has 0 heterocycles. The maximum absolute atomic E-state index is 8.69. The van der Waals surface area contributed by atoms with Crippen LogP contribution in [0.3, 0.4) is 0 Å². The molecule has 2 nitrogen and oxygen atoms in total. The summed E-state index contributed by atoms with van der Waals surface area (Å²) in [4.78, 5) is 0. The van der Waals surface area contributed by atoms with E-state index in [9.17, 15) is 0 Å². The minimum absolute atomic E-state index is 0.0559. The Hall–Kier alpha value is -0.910. The Morgan fingerprint density at radius 1 is 1.38 bits per heavy atom. The van der Waals surface area contributed by atoms with E-state index < -0.39 is 0 Å². The van der Waals surface area contributed by atoms with Crippen LogP contribution in [-0.4, -0.2) is 6.61 Å². The van der Waals surface area contributed by atoms with E-state index in [0.717, 1.165) is 12.8 Å². The van der Waals surface area contributed by atoms with Gasteiger partial charge in [-0.25, -0.2) is 0 Å². The van der Waals surface area contributed by atoms with Gasteiger partial charge < -0.3 is 4.74 Å². The van der Waals surface area contributed by atoms with Crippen LogP contribution in [0.2, 0.25) is 10.0 Å². The summed E-state index contributed by atoms with van der Waals surface area (Å²) in [6.07, 6.45) is 2.66. The Morgan fingerprint density at radius 3 is 2.75 bits per heavy atom. The van der Waals surface area contributed by atoms with Crippen LogP contribution in [0.25, 0.3) is 0 Å². The second-order valence-electron chi connectivity index (χ2n) is 4.20. The summed E-state index contributed by atoms with van der Waals surface area (Å²) in [6.45, 7) is 0.542. The quantitative estimate of drug-likeness (QED) is 0.813. The van der Waals surface area contributed by atoms with Gasteiger partial charge in [0.2, 0.25) is 0 Å². The smallest absolute Gasteiger partial charge is 0.139 e. The molecule has 1 aliphatic rings. The average Bonchev–Trinajstić information content (AvgIpc) is 3.01. The Labute approximate surface area is 105 Å². The maximum Gasteiger partial charge on any atom is 0.139 e. The van der Waals surface area contributed by atoms with Crippen LogP contribution >= 0.6 is 23.2 Å². The van der Waals surface area contributed by atoms with Gasteiger partial charge in [0.25, 0.3) is 0 Å². The zero-order chi connectivity index (χ0) is 11.6. The van der Waals surface area contributed by atoms with Gasteiger partial charge in [-0.05, 0) is 25.0 Å². The van der Waals surface area contributed by atoms with Crippen LogP contribution in [0, 0.1) is 16.7 Å². The molecule has 2 rings (SSSR count). The van der Waals surface area contributed by atoms with E-state index in [1.807, 2.05) is 0 Å². The van der Waals surface area contributed by atoms with Crippen molar-refractivity contribution in [2.45, 2.75) is 19.3 Å². The number of hydrogen-bond donors (Lipinski definition) is 0. The molecule has 4 heteroatoms. The van der Waals surface area contributed by atoms with E-state index >= 15 is 0 Å². The number of ether oxygens (including phenoxy) is 1. The van der Waals surface area contributed by atoms with Gasteiger partial charge in [0.1, 0.15) is 5.75 Å². The van der Waals surface area contributed by atoms with Crippen molar-refractivity contribution in [3.8, 4) is 11.8 Å². The SMILES string of the molecule is N#CCC1(COc2cc(Cl)ccc2Cl)CC1. The summed E-state index contributed by atoms with van der Waals surface area (Å²) < 4.78 is 5.63. The van der Waals surface area contributed by atoms with Gasteiger partial charge >= 0.3 is 0 Å². The molecular formula is C12H11Cl2NO. The third kappa shape index (κ3) is 2.61. The third-order valence-electron chi connectivity index (χ3n) is 2.84. The number of nitrogens with zero attached hydrogens (tertiary/aromatic N) is 1. The highest BCUT2D eigenvalue weighted by atomic mass is 35.5. The first-order valence-corrected chi connectivity index (χ1v) is 5.86. The van der Waals surface area contributed by atoms with E-state index in [0.29, 0.717) is 28.8 Å². The van der Waals surface area contributed by atoms with Crippen molar-refractivity contribution < 1.29 is 4.74 Å². The molecule has 0 radical (unpaired) electrons. The molecule has 84 valence electrons. The van der Waals surface area contributed by atoms with Gasteiger partial charge in [0.05, 0.1) is 17.7 Å². The number of nitriles is 1. The lowest BCUT2D eigenvalue weighted by Gasteiger charge is -2.13. The Kier molecular flexibility index (Phi) is 3.28. The van der Waals surface area contributed by atoms with Gasteiger partial charge in [0.15, 0.2) is 0 Å². The van der Waals surface area contributed by atoms with Crippen molar-refractivity contribution in [3.63, 3.8) is 0 Å². The van der Waals surface area contributed by atoms with Crippen LogP contribution in [0.4, 0.5) is 0 Å². The Balaban J connectivity index is 2.00. The zero-order valence-electron chi connectivity index (χ0n) is 8.67. The van der Waals surface area contributed by atoms with Crippen LogP contribution < -0.4 is 4.74 Å². The monoisotopic (exact) mass is 255 g/mol. The maximum atomic E-state index is 8.69. The summed E-state index contributed by atoms with van der Waals surface area (Å²) >= 11 is 11.8. The first-order chi connectivity index (χ1) is 7.65. The van der Waals surface area contributed by atoms with Gasteiger partial charge in [-0.1, -0.05) is 23.2 Å². The van der Waals surface area contributed by atoms with Crippen LogP contribution in [-0.2, 0) is 0 Å². The molecule has 0 N–H and O–H groups in total. The number of halogens is 2. The van der Waals surface area contributed by atoms with E-state index in [-0.39, 0.29) is 5.41 Å². The topological polar surface area (TPSA) is 33.0 Å². The van der Waals surface area contributed by atoms with Crippen LogP contribution in [0.1, 0.15) is 19.3 Å². The van der Waals surface area contributed by atoms with E-state index in [2.05, 4.69) is 6.07 Å². The molecule has 0 atom stereocenters. The van der Waals surface area contributed by atoms with Crippen LogP contribution in [0.15, 0.2) is 18.2 Å². The average molecular weight is 256 g/mol. The highest BCUT2D eigenvalue weighted by Crippen LogP contribution is 2.49. The Bertz CT molecular complexity index is 435. The molecule has 1 aliphatic carbocycles. The largest absolute Gasteiger partial charge is 0.491 e. The predicted octanol–water partition coefficient (Wildman–Crippen LogP) is 4.07. The van der Waals surface area contributed by atoms with Gasteiger partial charge in [-0.15, -0.1) is 0 Å². The first-order valence-electron chi connectivity index (χ1n) is 5.10. The fourth-order valence-electron chi connectivity index (χ4n) is 1.54. The van der Waals surface area contributed by atoms with Crippen molar-refractivity contribution in [1.29, 1.82) is 5.26 Å². The fraction of sp³-hybridized carbons (Fsp3) is 0.417. The fourth-order valence-corrected chi connectivity index (χ4v) is 1.87. The van der Waals surface area contributed by atoms with Crippen molar-refractivity contribution >= 4 is 23.2 Å². The molecule has 0 saturated heterocycles. The second-order valence-corrected chi connectivity index (χ2v) is 5.04. The summed E-state index contributed by atoms with van der Waals surface area (Å²) in [6, 6.07) is 7.33. The lowest BCUT2D eigenvalue weighted by atomic mass is 10.1. The van der Waals surface area contributed by atoms with Gasteiger partial charge in [-0.3, -0.25) is 0 Å². The molecular weight excluding hydrogens is 245 g/mol. The number of rotatable bonds is 4. The molecule has 1 fully saturated rings. The van der Waals surface area contributed by atoms with Crippen molar-refractivity contribution in [1.82, 2.24) is 0 Å². The molecule has 1 saturated carbocycles. The molecule has 0 aliphatic heterocycles. The zero-order valence-corrected chi connectivity index (χ0v) is 10.2. The lowest BCUT2D eigenvalue weighted by Crippen LogP contribution is -2.12. The van der Waals surface area contributed by atoms with Gasteiger partial charge in [0, 0.05) is 22.9 Å². The summed E-state index contributed by atoms with van der Waals surface area (Å²) in [5.74, 6) is 0.596. The van der Waals surface area contributed by atoms with E-state index in [4.69, 9.17) is 33.2 Å². The second kappa shape index (κ2) is 4.53. The molecule has 0 spiro atoms. The standard InChI is InChI=1S/C12H11Cl2NO/c13-9-1-2-10(14)11(7-9)16-8-12(3-4-12)5-6-15/h1-2,7H,3-5,8H2. The summed E-state index contributed by atoms with van der Waals surface area (Å²) in [5.41, 5.74) is 0.0559. The highest BCUT2D eigenvalue weighted by molar-refractivity contribution is 6.34.